The number of nitrogens with one attached hydrogen (secondary N) is 1. The molecule has 5 atom stereocenters. The van der Waals surface area contributed by atoms with Gasteiger partial charge in [-0.3, -0.25) is 4.79 Å². The first-order valence-corrected chi connectivity index (χ1v) is 7.84. The third kappa shape index (κ3) is 3.07. The second kappa shape index (κ2) is 6.60. The molecule has 0 saturated carbocycles. The van der Waals surface area contributed by atoms with E-state index in [9.17, 15) is 24.9 Å². The van der Waals surface area contributed by atoms with Crippen molar-refractivity contribution in [3.05, 3.63) is 34.3 Å². The first-order chi connectivity index (χ1) is 11.8. The number of carbonyl (C=O) groups excluding carboxylic acids is 1. The summed E-state index contributed by atoms with van der Waals surface area (Å²) in [6, 6.07) is 4.01. The molecule has 4 N–H and O–H groups in total. The number of amides is 1. The predicted octanol–water partition coefficient (Wildman–Crippen LogP) is -0.981. The SMILES string of the molecule is CC(=O)N[C@@H]1[C@@H](O)[C@@H](O)[C@@H](CO)O[C@@H]1n1c(=O)oc2ccc(C)cc21. The smallest absolute Gasteiger partial charge is 0.408 e. The first-order valence-electron chi connectivity index (χ1n) is 7.84. The van der Waals surface area contributed by atoms with Gasteiger partial charge < -0.3 is 29.8 Å². The van der Waals surface area contributed by atoms with E-state index in [1.165, 1.54) is 11.5 Å². The topological polar surface area (TPSA) is 134 Å². The summed E-state index contributed by atoms with van der Waals surface area (Å²) in [6.45, 7) is 2.52. The molecule has 0 bridgehead atoms. The van der Waals surface area contributed by atoms with Crippen molar-refractivity contribution in [3.8, 4) is 0 Å². The molecule has 25 heavy (non-hydrogen) atoms. The van der Waals surface area contributed by atoms with E-state index < -0.39 is 48.9 Å². The summed E-state index contributed by atoms with van der Waals surface area (Å²) in [5.74, 6) is -1.20. The van der Waals surface area contributed by atoms with Crippen LogP contribution in [0.1, 0.15) is 18.7 Å². The van der Waals surface area contributed by atoms with Gasteiger partial charge in [0.05, 0.1) is 12.1 Å². The summed E-state index contributed by atoms with van der Waals surface area (Å²) < 4.78 is 12.0. The van der Waals surface area contributed by atoms with Crippen LogP contribution in [-0.2, 0) is 9.53 Å². The van der Waals surface area contributed by atoms with Gasteiger partial charge in [-0.1, -0.05) is 6.07 Å². The number of hydrogen-bond donors (Lipinski definition) is 4. The number of carbonyl (C=O) groups is 1. The zero-order valence-corrected chi connectivity index (χ0v) is 13.7. The largest absolute Gasteiger partial charge is 0.422 e. The summed E-state index contributed by atoms with van der Waals surface area (Å²) in [5, 5.41) is 32.3. The molecular formula is C16H20N2O7. The summed E-state index contributed by atoms with van der Waals surface area (Å²) in [5.41, 5.74) is 1.61. The van der Waals surface area contributed by atoms with Crippen molar-refractivity contribution in [2.75, 3.05) is 6.61 Å². The molecule has 0 radical (unpaired) electrons. The molecule has 9 heteroatoms. The molecule has 1 aliphatic heterocycles. The van der Waals surface area contributed by atoms with Crippen LogP contribution in [0.2, 0.25) is 0 Å². The number of aliphatic hydroxyl groups excluding tert-OH is 3. The van der Waals surface area contributed by atoms with Crippen molar-refractivity contribution < 1.29 is 29.3 Å². The molecule has 0 spiro atoms. The minimum absolute atomic E-state index is 0.321. The Balaban J connectivity index is 2.14. The first kappa shape index (κ1) is 17.6. The second-order valence-corrected chi connectivity index (χ2v) is 6.16. The van der Waals surface area contributed by atoms with Crippen molar-refractivity contribution >= 4 is 17.0 Å². The van der Waals surface area contributed by atoms with E-state index in [-0.39, 0.29) is 0 Å². The molecule has 9 nitrogen and oxygen atoms in total. The highest BCUT2D eigenvalue weighted by Crippen LogP contribution is 2.30. The molecule has 1 aromatic heterocycles. The number of rotatable bonds is 3. The van der Waals surface area contributed by atoms with E-state index in [0.717, 1.165) is 5.56 Å². The zero-order valence-electron chi connectivity index (χ0n) is 13.7. The van der Waals surface area contributed by atoms with Crippen molar-refractivity contribution in [1.82, 2.24) is 9.88 Å². The number of aryl methyl sites for hydroxylation is 1. The number of oxazole rings is 1. The predicted molar refractivity (Wildman–Crippen MR) is 85.8 cm³/mol. The molecule has 2 aromatic rings. The average Bonchev–Trinajstić information content (AvgIpc) is 2.87. The van der Waals surface area contributed by atoms with Crippen LogP contribution in [0.15, 0.2) is 27.4 Å². The normalized spacial score (nSPS) is 29.7. The van der Waals surface area contributed by atoms with Gasteiger partial charge >= 0.3 is 5.76 Å². The maximum atomic E-state index is 12.4. The Morgan fingerprint density at radius 1 is 1.32 bits per heavy atom. The fourth-order valence-corrected chi connectivity index (χ4v) is 3.09. The number of nitrogens with zero attached hydrogens (tertiary/aromatic N) is 1. The van der Waals surface area contributed by atoms with Crippen LogP contribution < -0.4 is 11.1 Å². The van der Waals surface area contributed by atoms with E-state index >= 15 is 0 Å². The quantitative estimate of drug-likeness (QED) is 0.558. The molecule has 1 aliphatic rings. The minimum atomic E-state index is -1.44. The van der Waals surface area contributed by atoms with Gasteiger partial charge in [-0.05, 0) is 24.6 Å². The lowest BCUT2D eigenvalue weighted by molar-refractivity contribution is -0.216. The number of fused-ring (bicyclic) bond motifs is 1. The minimum Gasteiger partial charge on any atom is -0.408 e. The fraction of sp³-hybridized carbons (Fsp3) is 0.500. The Hall–Kier alpha value is -2.20. The Morgan fingerprint density at radius 2 is 2.04 bits per heavy atom. The van der Waals surface area contributed by atoms with Gasteiger partial charge in [0.1, 0.15) is 24.4 Å². The van der Waals surface area contributed by atoms with Gasteiger partial charge in [-0.2, -0.15) is 0 Å². The Kier molecular flexibility index (Phi) is 4.65. The summed E-state index contributed by atoms with van der Waals surface area (Å²) in [7, 11) is 0. The van der Waals surface area contributed by atoms with Crippen LogP contribution in [0.25, 0.3) is 11.1 Å². The van der Waals surface area contributed by atoms with Gasteiger partial charge in [0.2, 0.25) is 5.91 Å². The highest BCUT2D eigenvalue weighted by atomic mass is 16.5. The fourth-order valence-electron chi connectivity index (χ4n) is 3.09. The standard InChI is InChI=1S/C16H20N2O7/c1-7-3-4-10-9(5-7)18(16(23)25-10)15-12(17-8(2)20)14(22)13(21)11(6-19)24-15/h3-5,11-15,19,21-22H,6H2,1-2H3,(H,17,20)/t11-,12-,13+,14-,15+/m1/s1. The van der Waals surface area contributed by atoms with E-state index in [2.05, 4.69) is 5.32 Å². The van der Waals surface area contributed by atoms with Crippen LogP contribution in [-0.4, -0.2) is 56.8 Å². The van der Waals surface area contributed by atoms with E-state index in [4.69, 9.17) is 9.15 Å². The van der Waals surface area contributed by atoms with Crippen LogP contribution in [0.5, 0.6) is 0 Å². The number of hydrogen-bond acceptors (Lipinski definition) is 7. The van der Waals surface area contributed by atoms with Gasteiger partial charge in [-0.25, -0.2) is 9.36 Å². The molecule has 1 amide bonds. The number of aromatic nitrogens is 1. The molecule has 136 valence electrons. The second-order valence-electron chi connectivity index (χ2n) is 6.16. The lowest BCUT2D eigenvalue weighted by Gasteiger charge is -2.42. The highest BCUT2D eigenvalue weighted by molar-refractivity contribution is 5.75. The number of ether oxygens (including phenoxy) is 1. The van der Waals surface area contributed by atoms with Crippen LogP contribution in [0, 0.1) is 6.92 Å². The van der Waals surface area contributed by atoms with Gasteiger partial charge in [0.25, 0.3) is 0 Å². The van der Waals surface area contributed by atoms with Crippen molar-refractivity contribution in [2.24, 2.45) is 0 Å². The summed E-state index contributed by atoms with van der Waals surface area (Å²) in [6.07, 6.45) is -5.14. The van der Waals surface area contributed by atoms with Gasteiger partial charge in [0, 0.05) is 6.92 Å². The van der Waals surface area contributed by atoms with Crippen molar-refractivity contribution in [2.45, 2.75) is 44.4 Å². The van der Waals surface area contributed by atoms with Crippen molar-refractivity contribution in [1.29, 1.82) is 0 Å². The average molecular weight is 352 g/mol. The third-order valence-corrected chi connectivity index (χ3v) is 4.29. The van der Waals surface area contributed by atoms with Gasteiger partial charge in [-0.15, -0.1) is 0 Å². The zero-order chi connectivity index (χ0) is 18.3. The molecule has 1 aromatic carbocycles. The lowest BCUT2D eigenvalue weighted by Crippen LogP contribution is -2.62. The molecule has 1 fully saturated rings. The van der Waals surface area contributed by atoms with Crippen LogP contribution in [0.4, 0.5) is 0 Å². The summed E-state index contributed by atoms with van der Waals surface area (Å²) >= 11 is 0. The Labute approximate surface area is 142 Å². The molecule has 1 saturated heterocycles. The van der Waals surface area contributed by atoms with Crippen LogP contribution in [0.3, 0.4) is 0 Å². The molecular weight excluding hydrogens is 332 g/mol. The van der Waals surface area contributed by atoms with Gasteiger partial charge in [0.15, 0.2) is 11.8 Å². The molecule has 2 heterocycles. The van der Waals surface area contributed by atoms with E-state index in [1.807, 2.05) is 6.92 Å². The van der Waals surface area contributed by atoms with E-state index in [0.29, 0.717) is 11.1 Å². The maximum absolute atomic E-state index is 12.4. The third-order valence-electron chi connectivity index (χ3n) is 4.29. The molecule has 0 unspecified atom stereocenters. The summed E-state index contributed by atoms with van der Waals surface area (Å²) in [4.78, 5) is 23.9. The van der Waals surface area contributed by atoms with Crippen molar-refractivity contribution in [3.63, 3.8) is 0 Å². The van der Waals surface area contributed by atoms with Crippen LogP contribution >= 0.6 is 0 Å². The Morgan fingerprint density at radius 3 is 2.68 bits per heavy atom. The maximum Gasteiger partial charge on any atom is 0.422 e. The lowest BCUT2D eigenvalue weighted by atomic mass is 9.95. The number of benzene rings is 1. The Bertz CT molecular complexity index is 843. The highest BCUT2D eigenvalue weighted by Gasteiger charge is 2.46. The molecule has 3 rings (SSSR count). The molecule has 0 aliphatic carbocycles. The monoisotopic (exact) mass is 352 g/mol. The number of aliphatic hydroxyl groups is 3. The van der Waals surface area contributed by atoms with E-state index in [1.54, 1.807) is 18.2 Å².